The molecule has 3 rings (SSSR count). The van der Waals surface area contributed by atoms with Crippen molar-refractivity contribution < 1.29 is 32.7 Å². The van der Waals surface area contributed by atoms with Gasteiger partial charge in [0, 0.05) is 32.7 Å². The summed E-state index contributed by atoms with van der Waals surface area (Å²) in [7, 11) is 0. The van der Waals surface area contributed by atoms with E-state index in [0.717, 1.165) is 23.7 Å². The molecule has 0 amide bonds. The number of benzene rings is 2. The molecule has 1 fully saturated rings. The van der Waals surface area contributed by atoms with E-state index in [2.05, 4.69) is 93.0 Å². The van der Waals surface area contributed by atoms with Crippen molar-refractivity contribution in [1.82, 2.24) is 0 Å². The van der Waals surface area contributed by atoms with Gasteiger partial charge in [-0.25, -0.2) is 0 Å². The summed E-state index contributed by atoms with van der Waals surface area (Å²) in [5, 5.41) is 0. The van der Waals surface area contributed by atoms with E-state index in [-0.39, 0.29) is 32.7 Å². The van der Waals surface area contributed by atoms with Crippen LogP contribution in [0.3, 0.4) is 0 Å². The van der Waals surface area contributed by atoms with E-state index in [4.69, 9.17) is 0 Å². The maximum absolute atomic E-state index is 3.20. The zero-order valence-corrected chi connectivity index (χ0v) is 23.0. The summed E-state index contributed by atoms with van der Waals surface area (Å²) >= 11 is 0. The van der Waals surface area contributed by atoms with Gasteiger partial charge in [0.05, 0.1) is 0 Å². The van der Waals surface area contributed by atoms with Crippen LogP contribution in [0.1, 0.15) is 68.4 Å². The molecule has 0 aliphatic heterocycles. The first-order valence-electron chi connectivity index (χ1n) is 11.1. The van der Waals surface area contributed by atoms with Crippen LogP contribution < -0.4 is 0 Å². The van der Waals surface area contributed by atoms with Gasteiger partial charge in [-0.15, -0.1) is 5.56 Å². The van der Waals surface area contributed by atoms with Gasteiger partial charge in [0.2, 0.25) is 0 Å². The van der Waals surface area contributed by atoms with E-state index in [1.165, 1.54) is 51.8 Å². The van der Waals surface area contributed by atoms with E-state index in [1.54, 1.807) is 0 Å². The van der Waals surface area contributed by atoms with Crippen LogP contribution in [0.5, 0.6) is 0 Å². The second kappa shape index (κ2) is 11.8. The molecule has 0 heterocycles. The molecule has 0 N–H and O–H groups in total. The fourth-order valence-corrected chi connectivity index (χ4v) is 4.53. The Balaban J connectivity index is 0.000000306. The molecule has 0 spiro atoms. The Bertz CT molecular complexity index is 787. The molecular weight excluding hydrogens is 425 g/mol. The van der Waals surface area contributed by atoms with Gasteiger partial charge in [-0.05, 0) is 61.4 Å². The van der Waals surface area contributed by atoms with Crippen LogP contribution in [0.4, 0.5) is 0 Å². The molecular formula is C28H40Y-2. The summed E-state index contributed by atoms with van der Waals surface area (Å²) in [5.41, 5.74) is 9.41. The third-order valence-electron chi connectivity index (χ3n) is 7.48. The second-order valence-corrected chi connectivity index (χ2v) is 9.09. The molecule has 2 aromatic rings. The SMILES string of the molecule is CCC1C[CH-]C(C)C(C)C1C.Cc1[c-]ccc(-c2cc(C)c(C)c(C)c2C)c1.[Y]. The first-order valence-corrected chi connectivity index (χ1v) is 11.1. The van der Waals surface area contributed by atoms with E-state index in [9.17, 15) is 0 Å². The Labute approximate surface area is 206 Å². The molecule has 0 nitrogen and oxygen atoms in total. The van der Waals surface area contributed by atoms with Crippen LogP contribution in [-0.4, -0.2) is 0 Å². The van der Waals surface area contributed by atoms with Crippen molar-refractivity contribution in [2.45, 2.75) is 75.2 Å². The first-order chi connectivity index (χ1) is 13.2. The van der Waals surface area contributed by atoms with Crippen LogP contribution in [0, 0.1) is 70.8 Å². The molecule has 0 aromatic heterocycles. The number of aryl methyl sites for hydroxylation is 2. The molecule has 1 aliphatic rings. The van der Waals surface area contributed by atoms with Gasteiger partial charge in [0.1, 0.15) is 0 Å². The van der Waals surface area contributed by atoms with Gasteiger partial charge >= 0.3 is 0 Å². The summed E-state index contributed by atoms with van der Waals surface area (Å²) in [6, 6.07) is 11.9. The molecule has 4 unspecified atom stereocenters. The van der Waals surface area contributed by atoms with E-state index >= 15 is 0 Å². The molecule has 4 atom stereocenters. The molecule has 157 valence electrons. The average molecular weight is 466 g/mol. The zero-order valence-electron chi connectivity index (χ0n) is 20.2. The Morgan fingerprint density at radius 1 is 0.931 bits per heavy atom. The predicted octanol–water partition coefficient (Wildman–Crippen LogP) is 8.22. The Hall–Kier alpha value is -0.456. The molecule has 1 saturated carbocycles. The third kappa shape index (κ3) is 6.51. The molecule has 0 bridgehead atoms. The van der Waals surface area contributed by atoms with Crippen molar-refractivity contribution in [2.75, 3.05) is 0 Å². The van der Waals surface area contributed by atoms with Crippen LogP contribution in [-0.2, 0) is 32.7 Å². The largest absolute Gasteiger partial charge is 0.325 e. The zero-order chi connectivity index (χ0) is 21.0. The summed E-state index contributed by atoms with van der Waals surface area (Å²) in [5.74, 6) is 3.63. The predicted molar refractivity (Wildman–Crippen MR) is 125 cm³/mol. The molecule has 1 radical (unpaired) electrons. The Morgan fingerprint density at radius 2 is 1.59 bits per heavy atom. The molecule has 0 saturated heterocycles. The van der Waals surface area contributed by atoms with Crippen LogP contribution in [0.2, 0.25) is 0 Å². The molecule has 2 aromatic carbocycles. The maximum Gasteiger partial charge on any atom is 0 e. The van der Waals surface area contributed by atoms with Gasteiger partial charge in [0.25, 0.3) is 0 Å². The smallest absolute Gasteiger partial charge is 0 e. The second-order valence-electron chi connectivity index (χ2n) is 9.09. The van der Waals surface area contributed by atoms with Gasteiger partial charge in [-0.2, -0.15) is 42.2 Å². The number of hydrogen-bond donors (Lipinski definition) is 0. The first kappa shape index (κ1) is 26.6. The van der Waals surface area contributed by atoms with E-state index in [1.807, 2.05) is 6.07 Å². The van der Waals surface area contributed by atoms with Crippen LogP contribution in [0.25, 0.3) is 11.1 Å². The van der Waals surface area contributed by atoms with E-state index < -0.39 is 0 Å². The van der Waals surface area contributed by atoms with Crippen LogP contribution >= 0.6 is 0 Å². The summed E-state index contributed by atoms with van der Waals surface area (Å²) < 4.78 is 0. The minimum Gasteiger partial charge on any atom is -0.325 e. The standard InChI is InChI=1S/C17H19.C11H21.Y/c1-11-7-6-8-16(9-11)17-10-12(2)13(3)14(4)15(17)5;1-5-11-7-6-8(2)9(3)10(11)4;/h6,8-10H,1-5H3;6,8-11H,5,7H2,1-4H3;/q2*-1;. The van der Waals surface area contributed by atoms with Crippen molar-refractivity contribution in [3.63, 3.8) is 0 Å². The minimum absolute atomic E-state index is 0. The molecule has 1 aliphatic carbocycles. The third-order valence-corrected chi connectivity index (χ3v) is 7.48. The van der Waals surface area contributed by atoms with Crippen molar-refractivity contribution in [3.8, 4) is 11.1 Å². The monoisotopic (exact) mass is 465 g/mol. The average Bonchev–Trinajstić information content (AvgIpc) is 2.68. The summed E-state index contributed by atoms with van der Waals surface area (Å²) in [4.78, 5) is 0. The summed E-state index contributed by atoms with van der Waals surface area (Å²) in [6.07, 6.45) is 5.22. The van der Waals surface area contributed by atoms with Crippen molar-refractivity contribution in [2.24, 2.45) is 23.7 Å². The van der Waals surface area contributed by atoms with Gasteiger partial charge in [-0.3, -0.25) is 0 Å². The van der Waals surface area contributed by atoms with Crippen molar-refractivity contribution >= 4 is 0 Å². The minimum atomic E-state index is 0. The van der Waals surface area contributed by atoms with Crippen LogP contribution in [0.15, 0.2) is 24.3 Å². The van der Waals surface area contributed by atoms with Gasteiger partial charge in [0.15, 0.2) is 0 Å². The van der Waals surface area contributed by atoms with Gasteiger partial charge < -0.3 is 6.42 Å². The van der Waals surface area contributed by atoms with Crippen molar-refractivity contribution in [1.29, 1.82) is 0 Å². The topological polar surface area (TPSA) is 0 Å². The van der Waals surface area contributed by atoms with Crippen molar-refractivity contribution in [3.05, 3.63) is 64.6 Å². The number of hydrogen-bond acceptors (Lipinski definition) is 0. The molecule has 1 heteroatoms. The normalized spacial score (nSPS) is 23.6. The Kier molecular flexibility index (Phi) is 10.8. The fraction of sp³-hybridized carbons (Fsp3) is 0.536. The summed E-state index contributed by atoms with van der Waals surface area (Å²) in [6.45, 7) is 20.4. The number of rotatable bonds is 2. The maximum atomic E-state index is 3.20. The van der Waals surface area contributed by atoms with E-state index in [0.29, 0.717) is 0 Å². The Morgan fingerprint density at radius 3 is 2.17 bits per heavy atom. The quantitative estimate of drug-likeness (QED) is 0.392. The fourth-order valence-electron chi connectivity index (χ4n) is 4.53. The van der Waals surface area contributed by atoms with Gasteiger partial charge in [-0.1, -0.05) is 58.9 Å². The molecule has 29 heavy (non-hydrogen) atoms.